The molecule has 0 saturated carbocycles. The average Bonchev–Trinajstić information content (AvgIpc) is 2.56. The number of pyridine rings is 1. The Morgan fingerprint density at radius 2 is 2.05 bits per heavy atom. The molecule has 1 amide bonds. The van der Waals surface area contributed by atoms with Crippen molar-refractivity contribution in [3.63, 3.8) is 0 Å². The molecule has 1 heterocycles. The van der Waals surface area contributed by atoms with Crippen LogP contribution in [0.5, 0.6) is 0 Å². The molecule has 0 fully saturated rings. The van der Waals surface area contributed by atoms with E-state index in [-0.39, 0.29) is 5.91 Å². The number of carbonyl (C=O) groups is 1. The Morgan fingerprint density at radius 3 is 2.77 bits per heavy atom. The number of nitrogens with one attached hydrogen (secondary N) is 1. The number of aromatic nitrogens is 1. The van der Waals surface area contributed by atoms with Gasteiger partial charge in [0.05, 0.1) is 6.61 Å². The molecular formula is C17H21N3O2. The zero-order chi connectivity index (χ0) is 15.8. The third kappa shape index (κ3) is 4.56. The second kappa shape index (κ2) is 8.14. The molecular weight excluding hydrogens is 278 g/mol. The van der Waals surface area contributed by atoms with Gasteiger partial charge in [-0.15, -0.1) is 0 Å². The van der Waals surface area contributed by atoms with Gasteiger partial charge in [-0.05, 0) is 17.7 Å². The Balaban J connectivity index is 2.02. The number of carbonyl (C=O) groups excluding carboxylic acids is 1. The van der Waals surface area contributed by atoms with Gasteiger partial charge < -0.3 is 15.0 Å². The van der Waals surface area contributed by atoms with Crippen LogP contribution in [0.25, 0.3) is 0 Å². The van der Waals surface area contributed by atoms with Crippen molar-refractivity contribution in [3.05, 3.63) is 59.9 Å². The minimum atomic E-state index is -0.188. The van der Waals surface area contributed by atoms with E-state index in [0.717, 1.165) is 12.2 Å². The van der Waals surface area contributed by atoms with E-state index in [1.165, 1.54) is 5.56 Å². The van der Waals surface area contributed by atoms with E-state index in [4.69, 9.17) is 4.74 Å². The highest BCUT2D eigenvalue weighted by Gasteiger charge is 2.09. The second-order valence-electron chi connectivity index (χ2n) is 4.99. The maximum absolute atomic E-state index is 12.0. The summed E-state index contributed by atoms with van der Waals surface area (Å²) in [6, 6.07) is 13.9. The van der Waals surface area contributed by atoms with Crippen molar-refractivity contribution in [2.45, 2.75) is 6.54 Å². The highest BCUT2D eigenvalue weighted by molar-refractivity contribution is 5.93. The molecule has 0 radical (unpaired) electrons. The van der Waals surface area contributed by atoms with Crippen molar-refractivity contribution in [2.24, 2.45) is 0 Å². The quantitative estimate of drug-likeness (QED) is 0.796. The largest absolute Gasteiger partial charge is 0.383 e. The molecule has 2 rings (SSSR count). The lowest BCUT2D eigenvalue weighted by molar-refractivity contribution is 0.0932. The fourth-order valence-corrected chi connectivity index (χ4v) is 2.09. The highest BCUT2D eigenvalue weighted by Crippen LogP contribution is 2.15. The van der Waals surface area contributed by atoms with Crippen LogP contribution in [0, 0.1) is 0 Å². The molecule has 1 N–H and O–H groups in total. The lowest BCUT2D eigenvalue weighted by atomic mass is 10.2. The molecule has 5 nitrogen and oxygen atoms in total. The third-order valence-corrected chi connectivity index (χ3v) is 3.27. The Bertz CT molecular complexity index is 602. The summed E-state index contributed by atoms with van der Waals surface area (Å²) in [5.74, 6) is -0.188. The zero-order valence-electron chi connectivity index (χ0n) is 13.0. The Morgan fingerprint density at radius 1 is 1.27 bits per heavy atom. The van der Waals surface area contributed by atoms with Gasteiger partial charge in [-0.25, -0.2) is 0 Å². The standard InChI is InChI=1S/C17H21N3O2/c1-20(13-14-6-4-3-5-7-14)15-8-9-18-16(12-15)17(21)19-10-11-22-2/h3-9,12H,10-11,13H2,1-2H3,(H,19,21). The minimum absolute atomic E-state index is 0.188. The SMILES string of the molecule is COCCNC(=O)c1cc(N(C)Cc2ccccc2)ccn1. The Kier molecular flexibility index (Phi) is 5.91. The monoisotopic (exact) mass is 299 g/mol. The van der Waals surface area contributed by atoms with E-state index in [1.54, 1.807) is 19.4 Å². The van der Waals surface area contributed by atoms with Crippen LogP contribution in [0.15, 0.2) is 48.7 Å². The third-order valence-electron chi connectivity index (χ3n) is 3.27. The molecule has 116 valence electrons. The van der Waals surface area contributed by atoms with Crippen molar-refractivity contribution < 1.29 is 9.53 Å². The molecule has 0 atom stereocenters. The molecule has 0 aliphatic carbocycles. The van der Waals surface area contributed by atoms with E-state index < -0.39 is 0 Å². The van der Waals surface area contributed by atoms with E-state index in [2.05, 4.69) is 27.3 Å². The first-order valence-corrected chi connectivity index (χ1v) is 7.19. The number of nitrogens with zero attached hydrogens (tertiary/aromatic N) is 2. The van der Waals surface area contributed by atoms with Gasteiger partial charge in [0.2, 0.25) is 0 Å². The number of amides is 1. The lowest BCUT2D eigenvalue weighted by Crippen LogP contribution is -2.28. The summed E-state index contributed by atoms with van der Waals surface area (Å²) in [7, 11) is 3.60. The summed E-state index contributed by atoms with van der Waals surface area (Å²) in [6.45, 7) is 1.73. The number of benzene rings is 1. The van der Waals surface area contributed by atoms with Crippen molar-refractivity contribution in [3.8, 4) is 0 Å². The van der Waals surface area contributed by atoms with Crippen LogP contribution in [0.3, 0.4) is 0 Å². The van der Waals surface area contributed by atoms with E-state index >= 15 is 0 Å². The molecule has 5 heteroatoms. The first-order valence-electron chi connectivity index (χ1n) is 7.19. The molecule has 0 spiro atoms. The second-order valence-corrected chi connectivity index (χ2v) is 4.99. The average molecular weight is 299 g/mol. The number of ether oxygens (including phenoxy) is 1. The zero-order valence-corrected chi connectivity index (χ0v) is 13.0. The van der Waals surface area contributed by atoms with E-state index in [0.29, 0.717) is 18.8 Å². The van der Waals surface area contributed by atoms with E-state index in [1.807, 2.05) is 31.3 Å². The van der Waals surface area contributed by atoms with Crippen LogP contribution in [0.2, 0.25) is 0 Å². The van der Waals surface area contributed by atoms with Crippen molar-refractivity contribution in [1.29, 1.82) is 0 Å². The van der Waals surface area contributed by atoms with Crippen LogP contribution in [-0.2, 0) is 11.3 Å². The summed E-state index contributed by atoms with van der Waals surface area (Å²) >= 11 is 0. The first kappa shape index (κ1) is 16.0. The molecule has 0 aliphatic heterocycles. The van der Waals surface area contributed by atoms with Crippen molar-refractivity contribution in [2.75, 3.05) is 32.2 Å². The highest BCUT2D eigenvalue weighted by atomic mass is 16.5. The number of hydrogen-bond donors (Lipinski definition) is 1. The molecule has 1 aromatic heterocycles. The van der Waals surface area contributed by atoms with Gasteiger partial charge in [-0.1, -0.05) is 30.3 Å². The fourth-order valence-electron chi connectivity index (χ4n) is 2.09. The van der Waals surface area contributed by atoms with Crippen LogP contribution >= 0.6 is 0 Å². The first-order chi connectivity index (χ1) is 10.7. The van der Waals surface area contributed by atoms with Gasteiger partial charge in [-0.2, -0.15) is 0 Å². The number of hydrogen-bond acceptors (Lipinski definition) is 4. The Hall–Kier alpha value is -2.40. The molecule has 0 saturated heterocycles. The Labute approximate surface area is 130 Å². The van der Waals surface area contributed by atoms with Gasteiger partial charge >= 0.3 is 0 Å². The minimum Gasteiger partial charge on any atom is -0.383 e. The molecule has 22 heavy (non-hydrogen) atoms. The van der Waals surface area contributed by atoms with Crippen LogP contribution in [0.4, 0.5) is 5.69 Å². The summed E-state index contributed by atoms with van der Waals surface area (Å²) in [6.07, 6.45) is 1.65. The summed E-state index contributed by atoms with van der Waals surface area (Å²) in [4.78, 5) is 18.2. The molecule has 2 aromatic rings. The number of methoxy groups -OCH3 is 1. The molecule has 1 aromatic carbocycles. The van der Waals surface area contributed by atoms with Gasteiger partial charge in [0.25, 0.3) is 5.91 Å². The van der Waals surface area contributed by atoms with Crippen molar-refractivity contribution >= 4 is 11.6 Å². The topological polar surface area (TPSA) is 54.5 Å². The summed E-state index contributed by atoms with van der Waals surface area (Å²) < 4.78 is 4.91. The van der Waals surface area contributed by atoms with Crippen LogP contribution in [0.1, 0.15) is 16.1 Å². The molecule has 0 unspecified atom stereocenters. The fraction of sp³-hybridized carbons (Fsp3) is 0.294. The van der Waals surface area contributed by atoms with Crippen molar-refractivity contribution in [1.82, 2.24) is 10.3 Å². The summed E-state index contributed by atoms with van der Waals surface area (Å²) in [5, 5.41) is 2.77. The lowest BCUT2D eigenvalue weighted by Gasteiger charge is -2.19. The number of rotatable bonds is 7. The van der Waals surface area contributed by atoms with Crippen LogP contribution in [-0.4, -0.2) is 38.2 Å². The smallest absolute Gasteiger partial charge is 0.270 e. The molecule has 0 bridgehead atoms. The maximum atomic E-state index is 12.0. The molecule has 0 aliphatic rings. The van der Waals surface area contributed by atoms with Gasteiger partial charge in [0, 0.05) is 39.1 Å². The summed E-state index contributed by atoms with van der Waals surface area (Å²) in [5.41, 5.74) is 2.58. The van der Waals surface area contributed by atoms with E-state index in [9.17, 15) is 4.79 Å². The van der Waals surface area contributed by atoms with Gasteiger partial charge in [0.1, 0.15) is 5.69 Å². The number of anilines is 1. The normalized spacial score (nSPS) is 10.3. The van der Waals surface area contributed by atoms with Crippen LogP contribution < -0.4 is 10.2 Å². The predicted molar refractivity (Wildman–Crippen MR) is 87.0 cm³/mol. The van der Waals surface area contributed by atoms with Gasteiger partial charge in [-0.3, -0.25) is 9.78 Å². The van der Waals surface area contributed by atoms with Gasteiger partial charge in [0.15, 0.2) is 0 Å². The predicted octanol–water partition coefficient (Wildman–Crippen LogP) is 2.09. The maximum Gasteiger partial charge on any atom is 0.270 e.